The maximum Gasteiger partial charge on any atom is 0.257 e. The van der Waals surface area contributed by atoms with Crippen LogP contribution >= 0.6 is 0 Å². The molecule has 3 heterocycles. The van der Waals surface area contributed by atoms with Gasteiger partial charge in [-0.25, -0.2) is 0 Å². The lowest BCUT2D eigenvalue weighted by molar-refractivity contribution is 0.0200. The highest BCUT2D eigenvalue weighted by molar-refractivity contribution is 5.94. The molecule has 2 fully saturated rings. The van der Waals surface area contributed by atoms with E-state index < -0.39 is 0 Å². The number of rotatable bonds is 6. The number of aromatic nitrogens is 2. The molecule has 4 rings (SSSR count). The highest BCUT2D eigenvalue weighted by atomic mass is 16.5. The average Bonchev–Trinajstić information content (AvgIpc) is 2.98. The first-order valence-corrected chi connectivity index (χ1v) is 8.63. The molecular weight excluding hydrogens is 306 g/mol. The molecule has 1 saturated heterocycles. The number of aryl methyl sites for hydroxylation is 1. The molecule has 6 nitrogen and oxygen atoms in total. The first-order chi connectivity index (χ1) is 11.7. The summed E-state index contributed by atoms with van der Waals surface area (Å²) in [7, 11) is 1.91. The maximum atomic E-state index is 12.8. The molecule has 1 aliphatic heterocycles. The number of hydrogen-bond donors (Lipinski definition) is 0. The fourth-order valence-corrected chi connectivity index (χ4v) is 3.43. The topological polar surface area (TPSA) is 60.5 Å². The quantitative estimate of drug-likeness (QED) is 0.816. The molecule has 2 aromatic rings. The van der Waals surface area contributed by atoms with Gasteiger partial charge in [0.1, 0.15) is 6.26 Å². The van der Waals surface area contributed by atoms with Crippen molar-refractivity contribution in [3.8, 4) is 0 Å². The Morgan fingerprint density at radius 1 is 1.42 bits per heavy atom. The van der Waals surface area contributed by atoms with Gasteiger partial charge in [-0.3, -0.25) is 9.48 Å². The molecule has 0 N–H and O–H groups in total. The lowest BCUT2D eigenvalue weighted by atomic mass is 10.0. The van der Waals surface area contributed by atoms with Crippen LogP contribution in [0.5, 0.6) is 0 Å². The summed E-state index contributed by atoms with van der Waals surface area (Å²) in [6, 6.07) is 1.78. The Labute approximate surface area is 141 Å². The molecule has 0 aromatic carbocycles. The van der Waals surface area contributed by atoms with E-state index in [1.165, 1.54) is 19.1 Å². The van der Waals surface area contributed by atoms with E-state index in [2.05, 4.69) is 5.10 Å². The largest absolute Gasteiger partial charge is 0.472 e. The van der Waals surface area contributed by atoms with Crippen LogP contribution in [0, 0.1) is 5.92 Å². The van der Waals surface area contributed by atoms with Crippen LogP contribution in [0.4, 0.5) is 0 Å². The van der Waals surface area contributed by atoms with Crippen molar-refractivity contribution in [1.82, 2.24) is 14.7 Å². The summed E-state index contributed by atoms with van der Waals surface area (Å²) in [5.74, 6) is 0.748. The van der Waals surface area contributed by atoms with Crippen LogP contribution in [-0.4, -0.2) is 45.9 Å². The molecule has 2 aromatic heterocycles. The minimum Gasteiger partial charge on any atom is -0.472 e. The number of hydrogen-bond acceptors (Lipinski definition) is 4. The summed E-state index contributed by atoms with van der Waals surface area (Å²) >= 11 is 0. The van der Waals surface area contributed by atoms with Crippen molar-refractivity contribution in [1.29, 1.82) is 0 Å². The Balaban J connectivity index is 1.51. The number of ether oxygens (including phenoxy) is 1. The van der Waals surface area contributed by atoms with E-state index in [0.717, 1.165) is 37.5 Å². The lowest BCUT2D eigenvalue weighted by Crippen LogP contribution is -2.42. The summed E-state index contributed by atoms with van der Waals surface area (Å²) in [5, 5.41) is 4.25. The van der Waals surface area contributed by atoms with Crippen LogP contribution in [0.3, 0.4) is 0 Å². The van der Waals surface area contributed by atoms with Crippen LogP contribution < -0.4 is 0 Å². The van der Waals surface area contributed by atoms with Gasteiger partial charge in [-0.05, 0) is 43.2 Å². The van der Waals surface area contributed by atoms with Crippen molar-refractivity contribution in [3.05, 3.63) is 42.1 Å². The Bertz CT molecular complexity index is 690. The molecule has 1 saturated carbocycles. The summed E-state index contributed by atoms with van der Waals surface area (Å²) < 4.78 is 13.0. The highest BCUT2D eigenvalue weighted by Gasteiger charge is 2.39. The van der Waals surface area contributed by atoms with E-state index in [1.807, 2.05) is 24.3 Å². The number of likely N-dealkylation sites (tertiary alicyclic amines) is 1. The van der Waals surface area contributed by atoms with Crippen molar-refractivity contribution in [2.45, 2.75) is 37.8 Å². The normalized spacial score (nSPS) is 23.8. The van der Waals surface area contributed by atoms with Crippen molar-refractivity contribution < 1.29 is 13.9 Å². The average molecular weight is 329 g/mol. The summed E-state index contributed by atoms with van der Waals surface area (Å²) in [6.45, 7) is 1.55. The van der Waals surface area contributed by atoms with E-state index in [-0.39, 0.29) is 18.1 Å². The zero-order valence-electron chi connectivity index (χ0n) is 13.9. The molecule has 0 bridgehead atoms. The second-order valence-electron chi connectivity index (χ2n) is 6.91. The van der Waals surface area contributed by atoms with E-state index in [4.69, 9.17) is 9.15 Å². The van der Waals surface area contributed by atoms with Crippen LogP contribution in [-0.2, 0) is 18.2 Å². The minimum absolute atomic E-state index is 0.0233. The molecule has 24 heavy (non-hydrogen) atoms. The van der Waals surface area contributed by atoms with E-state index in [1.54, 1.807) is 17.0 Å². The summed E-state index contributed by atoms with van der Waals surface area (Å²) in [6.07, 6.45) is 11.3. The molecule has 1 amide bonds. The molecular formula is C18H23N3O3. The monoisotopic (exact) mass is 329 g/mol. The molecule has 0 radical (unpaired) electrons. The first kappa shape index (κ1) is 15.4. The SMILES string of the molecule is Cn1cc(C[C@@H]2[C@H](OCC3CC3)CCN2C(=O)c2ccoc2)cn1. The fraction of sp³-hybridized carbons (Fsp3) is 0.556. The Morgan fingerprint density at radius 3 is 2.96 bits per heavy atom. The van der Waals surface area contributed by atoms with Gasteiger partial charge in [-0.15, -0.1) is 0 Å². The van der Waals surface area contributed by atoms with Crippen molar-refractivity contribution >= 4 is 5.91 Å². The molecule has 2 aliphatic rings. The third kappa shape index (κ3) is 3.24. The smallest absolute Gasteiger partial charge is 0.257 e. The zero-order valence-corrected chi connectivity index (χ0v) is 13.9. The van der Waals surface area contributed by atoms with Crippen molar-refractivity contribution in [2.24, 2.45) is 13.0 Å². The predicted octanol–water partition coefficient (Wildman–Crippen LogP) is 2.27. The second-order valence-corrected chi connectivity index (χ2v) is 6.91. The number of furan rings is 1. The fourth-order valence-electron chi connectivity index (χ4n) is 3.43. The van der Waals surface area contributed by atoms with Gasteiger partial charge in [0, 0.05) is 26.4 Å². The van der Waals surface area contributed by atoms with Crippen molar-refractivity contribution in [3.63, 3.8) is 0 Å². The number of carbonyl (C=O) groups excluding carboxylic acids is 1. The van der Waals surface area contributed by atoms with Gasteiger partial charge >= 0.3 is 0 Å². The standard InChI is InChI=1S/C18H23N3O3/c1-20-10-14(9-19-20)8-16-17(24-11-13-2-3-13)4-6-21(16)18(22)15-5-7-23-12-15/h5,7,9-10,12-13,16-17H,2-4,6,8,11H2,1H3/t16-,17-/m1/s1. The Morgan fingerprint density at radius 2 is 2.29 bits per heavy atom. The van der Waals surface area contributed by atoms with Crippen LogP contribution in [0.1, 0.15) is 35.2 Å². The Hall–Kier alpha value is -2.08. The van der Waals surface area contributed by atoms with Gasteiger partial charge in [0.15, 0.2) is 0 Å². The van der Waals surface area contributed by atoms with Gasteiger partial charge in [-0.2, -0.15) is 5.10 Å². The molecule has 2 atom stereocenters. The van der Waals surface area contributed by atoms with Gasteiger partial charge < -0.3 is 14.1 Å². The maximum absolute atomic E-state index is 12.8. The van der Waals surface area contributed by atoms with E-state index >= 15 is 0 Å². The molecule has 128 valence electrons. The van der Waals surface area contributed by atoms with Crippen molar-refractivity contribution in [2.75, 3.05) is 13.2 Å². The van der Waals surface area contributed by atoms with Gasteiger partial charge in [0.25, 0.3) is 5.91 Å². The summed E-state index contributed by atoms with van der Waals surface area (Å²) in [5.41, 5.74) is 1.74. The van der Waals surface area contributed by atoms with Gasteiger partial charge in [0.2, 0.25) is 0 Å². The first-order valence-electron chi connectivity index (χ1n) is 8.63. The number of amides is 1. The van der Waals surface area contributed by atoms with Gasteiger partial charge in [-0.1, -0.05) is 0 Å². The number of carbonyl (C=O) groups is 1. The number of nitrogens with zero attached hydrogens (tertiary/aromatic N) is 3. The van der Waals surface area contributed by atoms with Crippen LogP contribution in [0.25, 0.3) is 0 Å². The third-order valence-electron chi connectivity index (χ3n) is 4.96. The highest BCUT2D eigenvalue weighted by Crippen LogP contribution is 2.32. The van der Waals surface area contributed by atoms with Crippen LogP contribution in [0.15, 0.2) is 35.4 Å². The van der Waals surface area contributed by atoms with Crippen LogP contribution in [0.2, 0.25) is 0 Å². The van der Waals surface area contributed by atoms with E-state index in [9.17, 15) is 4.79 Å². The Kier molecular flexibility index (Phi) is 4.14. The lowest BCUT2D eigenvalue weighted by Gasteiger charge is -2.28. The minimum atomic E-state index is 0.0233. The van der Waals surface area contributed by atoms with Gasteiger partial charge in [0.05, 0.1) is 30.2 Å². The third-order valence-corrected chi connectivity index (χ3v) is 4.96. The zero-order chi connectivity index (χ0) is 16.5. The molecule has 0 unspecified atom stereocenters. The molecule has 1 aliphatic carbocycles. The molecule has 0 spiro atoms. The summed E-state index contributed by atoms with van der Waals surface area (Å²) in [4.78, 5) is 14.7. The molecule has 6 heteroatoms. The second kappa shape index (κ2) is 6.43. The predicted molar refractivity (Wildman–Crippen MR) is 87.5 cm³/mol. The van der Waals surface area contributed by atoms with E-state index in [0.29, 0.717) is 5.56 Å².